The molecule has 44 valence electrons. The van der Waals surface area contributed by atoms with Gasteiger partial charge in [-0.15, -0.1) is 0 Å². The quantitative estimate of drug-likeness (QED) is 0.643. The van der Waals surface area contributed by atoms with Crippen molar-refractivity contribution >= 4 is 25.8 Å². The number of aliphatic hydroxyl groups is 1. The maximum atomic E-state index is 8.20. The Hall–Kier alpha value is 0.830. The Labute approximate surface area is 63.9 Å². The molecule has 0 rings (SSSR count). The summed E-state index contributed by atoms with van der Waals surface area (Å²) in [5.74, 6) is 0. The molecule has 1 nitrogen and oxygen atoms in total. The SMILES string of the molecule is CCCCCO.[InH3]. The second-order valence-electron chi connectivity index (χ2n) is 1.43. The van der Waals surface area contributed by atoms with E-state index in [0.717, 1.165) is 12.8 Å². The van der Waals surface area contributed by atoms with Crippen molar-refractivity contribution in [1.82, 2.24) is 0 Å². The van der Waals surface area contributed by atoms with Gasteiger partial charge in [-0.2, -0.15) is 0 Å². The van der Waals surface area contributed by atoms with Crippen LogP contribution in [0.4, 0.5) is 0 Å². The van der Waals surface area contributed by atoms with Crippen molar-refractivity contribution in [3.8, 4) is 0 Å². The Morgan fingerprint density at radius 2 is 1.86 bits per heavy atom. The molecule has 0 saturated heterocycles. The number of rotatable bonds is 3. The summed E-state index contributed by atoms with van der Waals surface area (Å²) in [6.45, 7) is 2.48. The van der Waals surface area contributed by atoms with E-state index in [1.165, 1.54) is 6.42 Å². The van der Waals surface area contributed by atoms with Crippen LogP contribution in [0.5, 0.6) is 0 Å². The summed E-state index contributed by atoms with van der Waals surface area (Å²) in [5.41, 5.74) is 0. The summed E-state index contributed by atoms with van der Waals surface area (Å²) in [6, 6.07) is 0. The molecule has 0 heterocycles. The number of unbranched alkanes of at least 4 members (excludes halogenated alkanes) is 2. The molecule has 0 aliphatic rings. The molecule has 0 atom stereocenters. The van der Waals surface area contributed by atoms with Crippen LogP contribution < -0.4 is 0 Å². The van der Waals surface area contributed by atoms with Crippen molar-refractivity contribution in [3.05, 3.63) is 0 Å². The predicted molar refractivity (Wildman–Crippen MR) is 36.5 cm³/mol. The van der Waals surface area contributed by atoms with Crippen LogP contribution in [0.1, 0.15) is 26.2 Å². The van der Waals surface area contributed by atoms with Gasteiger partial charge in [-0.05, 0) is 6.42 Å². The van der Waals surface area contributed by atoms with Gasteiger partial charge < -0.3 is 5.11 Å². The van der Waals surface area contributed by atoms with Crippen molar-refractivity contribution in [2.45, 2.75) is 26.2 Å². The van der Waals surface area contributed by atoms with Gasteiger partial charge in [0.1, 0.15) is 0 Å². The maximum absolute atomic E-state index is 8.20. The summed E-state index contributed by atoms with van der Waals surface area (Å²) >= 11 is 0. The monoisotopic (exact) mass is 206 g/mol. The van der Waals surface area contributed by atoms with Crippen LogP contribution in [0, 0.1) is 0 Å². The van der Waals surface area contributed by atoms with E-state index in [2.05, 4.69) is 6.92 Å². The number of aliphatic hydroxyl groups excluding tert-OH is 1. The molecule has 0 saturated carbocycles. The molecule has 0 aromatic carbocycles. The molecule has 0 radical (unpaired) electrons. The molecule has 0 amide bonds. The van der Waals surface area contributed by atoms with Crippen molar-refractivity contribution < 1.29 is 5.11 Å². The summed E-state index contributed by atoms with van der Waals surface area (Å²) in [4.78, 5) is 0. The van der Waals surface area contributed by atoms with Gasteiger partial charge in [0.05, 0.1) is 0 Å². The van der Waals surface area contributed by atoms with E-state index in [1.54, 1.807) is 0 Å². The molecule has 0 aromatic rings. The Balaban J connectivity index is 0. The van der Waals surface area contributed by atoms with Crippen LogP contribution in [-0.4, -0.2) is 37.6 Å². The fourth-order valence-electron chi connectivity index (χ4n) is 0.362. The third kappa shape index (κ3) is 10.9. The van der Waals surface area contributed by atoms with E-state index in [1.807, 2.05) is 0 Å². The van der Waals surface area contributed by atoms with Gasteiger partial charge in [-0.1, -0.05) is 19.8 Å². The van der Waals surface area contributed by atoms with Crippen molar-refractivity contribution in [2.24, 2.45) is 0 Å². The zero-order chi connectivity index (χ0) is 4.83. The molecule has 0 bridgehead atoms. The van der Waals surface area contributed by atoms with Crippen LogP contribution in [0.2, 0.25) is 0 Å². The molecule has 7 heavy (non-hydrogen) atoms. The Bertz CT molecular complexity index is 20.0. The van der Waals surface area contributed by atoms with Crippen LogP contribution in [0.15, 0.2) is 0 Å². The van der Waals surface area contributed by atoms with Crippen LogP contribution in [0.3, 0.4) is 0 Å². The second-order valence-corrected chi connectivity index (χ2v) is 1.43. The average molecular weight is 206 g/mol. The van der Waals surface area contributed by atoms with Gasteiger partial charge in [-0.25, -0.2) is 0 Å². The summed E-state index contributed by atoms with van der Waals surface area (Å²) in [6.07, 6.45) is 3.33. The molecular weight excluding hydrogens is 191 g/mol. The molecule has 0 aliphatic carbocycles. The fourth-order valence-corrected chi connectivity index (χ4v) is 0.362. The summed E-state index contributed by atoms with van der Waals surface area (Å²) in [7, 11) is 0. The minimum atomic E-state index is 0. The van der Waals surface area contributed by atoms with E-state index in [0.29, 0.717) is 6.61 Å². The molecule has 0 spiro atoms. The van der Waals surface area contributed by atoms with Crippen LogP contribution >= 0.6 is 0 Å². The number of hydrogen-bond acceptors (Lipinski definition) is 1. The van der Waals surface area contributed by atoms with Crippen LogP contribution in [-0.2, 0) is 0 Å². The first-order valence-electron chi connectivity index (χ1n) is 2.52. The van der Waals surface area contributed by atoms with Crippen molar-refractivity contribution in [1.29, 1.82) is 0 Å². The third-order valence-electron chi connectivity index (χ3n) is 0.762. The third-order valence-corrected chi connectivity index (χ3v) is 0.762. The first-order valence-corrected chi connectivity index (χ1v) is 2.52. The second kappa shape index (κ2) is 9.95. The van der Waals surface area contributed by atoms with E-state index in [-0.39, 0.29) is 25.8 Å². The Kier molecular flexibility index (Phi) is 15.3. The van der Waals surface area contributed by atoms with Gasteiger partial charge >= 0.3 is 25.8 Å². The van der Waals surface area contributed by atoms with Crippen molar-refractivity contribution in [2.75, 3.05) is 6.61 Å². The average Bonchev–Trinajstić information content (AvgIpc) is 1.61. The van der Waals surface area contributed by atoms with Gasteiger partial charge in [0.25, 0.3) is 0 Å². The Morgan fingerprint density at radius 1 is 1.29 bits per heavy atom. The molecule has 0 fully saturated rings. The fraction of sp³-hybridized carbons (Fsp3) is 1.00. The van der Waals surface area contributed by atoms with Gasteiger partial charge in [0.15, 0.2) is 0 Å². The van der Waals surface area contributed by atoms with Gasteiger partial charge in [0.2, 0.25) is 0 Å². The molecule has 1 N–H and O–H groups in total. The van der Waals surface area contributed by atoms with E-state index in [4.69, 9.17) is 5.11 Å². The molecular formula is C5H15InO. The van der Waals surface area contributed by atoms with Crippen LogP contribution in [0.25, 0.3) is 0 Å². The summed E-state index contributed by atoms with van der Waals surface area (Å²) < 4.78 is 0. The first-order chi connectivity index (χ1) is 2.91. The molecule has 0 unspecified atom stereocenters. The standard InChI is InChI=1S/C5H12O.In.3H/c1-2-3-4-5-6;;;;/h6H,2-5H2,1H3;;;;. The normalized spacial score (nSPS) is 7.71. The van der Waals surface area contributed by atoms with Gasteiger partial charge in [0, 0.05) is 6.61 Å². The summed E-state index contributed by atoms with van der Waals surface area (Å²) in [5, 5.41) is 8.20. The molecule has 0 aliphatic heterocycles. The van der Waals surface area contributed by atoms with E-state index in [9.17, 15) is 0 Å². The first kappa shape index (κ1) is 10.7. The number of hydrogen-bond donors (Lipinski definition) is 1. The molecule has 0 aromatic heterocycles. The van der Waals surface area contributed by atoms with E-state index < -0.39 is 0 Å². The zero-order valence-corrected chi connectivity index (χ0v) is 4.28. The minimum absolute atomic E-state index is 0. The predicted octanol–water partition coefficient (Wildman–Crippen LogP) is -0.0150. The zero-order valence-electron chi connectivity index (χ0n) is 4.28. The topological polar surface area (TPSA) is 20.2 Å². The van der Waals surface area contributed by atoms with Gasteiger partial charge in [-0.3, -0.25) is 0 Å². The Morgan fingerprint density at radius 3 is 2.00 bits per heavy atom. The molecule has 2 heteroatoms. The van der Waals surface area contributed by atoms with Crippen molar-refractivity contribution in [3.63, 3.8) is 0 Å². The van der Waals surface area contributed by atoms with E-state index >= 15 is 0 Å².